The minimum Gasteiger partial charge on any atom is -0.314 e. The van der Waals surface area contributed by atoms with Gasteiger partial charge in [-0.25, -0.2) is 0 Å². The molecule has 1 heterocycles. The van der Waals surface area contributed by atoms with Crippen molar-refractivity contribution in [3.8, 4) is 0 Å². The summed E-state index contributed by atoms with van der Waals surface area (Å²) in [6.45, 7) is 5.19. The number of carbonyl (C=O) groups is 2. The first-order chi connectivity index (χ1) is 9.54. The number of carbonyl (C=O) groups excluding carboxylic acids is 2. The monoisotopic (exact) mass is 295 g/mol. The number of hydrogen-bond donors (Lipinski definition) is 1. The van der Waals surface area contributed by atoms with Crippen molar-refractivity contribution in [3.05, 3.63) is 28.8 Å². The second-order valence-corrected chi connectivity index (χ2v) is 5.13. The molecule has 0 atom stereocenters. The van der Waals surface area contributed by atoms with Crippen LogP contribution in [0.1, 0.15) is 12.5 Å². The van der Waals surface area contributed by atoms with Crippen LogP contribution in [-0.4, -0.2) is 43.0 Å². The van der Waals surface area contributed by atoms with Gasteiger partial charge in [0, 0.05) is 10.7 Å². The number of benzene rings is 1. The Bertz CT molecular complexity index is 533. The van der Waals surface area contributed by atoms with Crippen molar-refractivity contribution in [2.24, 2.45) is 0 Å². The first-order valence-corrected chi connectivity index (χ1v) is 6.96. The Labute approximate surface area is 123 Å². The molecule has 1 aliphatic rings. The number of rotatable bonds is 4. The maximum atomic E-state index is 12.1. The van der Waals surface area contributed by atoms with E-state index >= 15 is 0 Å². The maximum absolute atomic E-state index is 12.1. The second kappa shape index (κ2) is 6.24. The Hall–Kier alpha value is -1.59. The van der Waals surface area contributed by atoms with Crippen LogP contribution in [0.5, 0.6) is 0 Å². The quantitative estimate of drug-likeness (QED) is 0.913. The summed E-state index contributed by atoms with van der Waals surface area (Å²) >= 11 is 6.08. The van der Waals surface area contributed by atoms with Gasteiger partial charge < -0.3 is 10.2 Å². The highest BCUT2D eigenvalue weighted by Gasteiger charge is 2.32. The fourth-order valence-electron chi connectivity index (χ4n) is 2.16. The van der Waals surface area contributed by atoms with Gasteiger partial charge in [-0.2, -0.15) is 0 Å². The zero-order valence-electron chi connectivity index (χ0n) is 11.6. The molecule has 1 fully saturated rings. The predicted molar refractivity (Wildman–Crippen MR) is 78.8 cm³/mol. The van der Waals surface area contributed by atoms with Gasteiger partial charge in [-0.3, -0.25) is 14.5 Å². The molecule has 20 heavy (non-hydrogen) atoms. The highest BCUT2D eigenvalue weighted by atomic mass is 35.5. The predicted octanol–water partition coefficient (Wildman–Crippen LogP) is 1.39. The Morgan fingerprint density at radius 3 is 2.90 bits per heavy atom. The summed E-state index contributed by atoms with van der Waals surface area (Å²) < 4.78 is 0. The molecular weight excluding hydrogens is 278 g/mol. The third-order valence-electron chi connectivity index (χ3n) is 3.35. The number of halogens is 1. The summed E-state index contributed by atoms with van der Waals surface area (Å²) in [6, 6.07) is 5.44. The topological polar surface area (TPSA) is 52.7 Å². The Balaban J connectivity index is 2.13. The van der Waals surface area contributed by atoms with Gasteiger partial charge in [0.2, 0.25) is 11.8 Å². The number of nitrogens with one attached hydrogen (secondary N) is 1. The Morgan fingerprint density at radius 1 is 1.45 bits per heavy atom. The fraction of sp³-hybridized carbons (Fsp3) is 0.429. The molecule has 6 heteroatoms. The van der Waals surface area contributed by atoms with Crippen molar-refractivity contribution >= 4 is 29.1 Å². The first kappa shape index (κ1) is 14.8. The van der Waals surface area contributed by atoms with Gasteiger partial charge in [0.15, 0.2) is 0 Å². The second-order valence-electron chi connectivity index (χ2n) is 4.72. The highest BCUT2D eigenvalue weighted by molar-refractivity contribution is 6.31. The lowest BCUT2D eigenvalue weighted by atomic mass is 10.2. The molecule has 0 aromatic heterocycles. The van der Waals surface area contributed by atoms with Crippen LogP contribution < -0.4 is 10.2 Å². The average molecular weight is 296 g/mol. The largest absolute Gasteiger partial charge is 0.314 e. The van der Waals surface area contributed by atoms with E-state index in [4.69, 9.17) is 11.6 Å². The van der Waals surface area contributed by atoms with Crippen molar-refractivity contribution in [2.45, 2.75) is 13.8 Å². The van der Waals surface area contributed by atoms with Crippen LogP contribution in [0.4, 0.5) is 5.69 Å². The van der Waals surface area contributed by atoms with Crippen LogP contribution >= 0.6 is 11.6 Å². The van der Waals surface area contributed by atoms with Crippen molar-refractivity contribution in [1.82, 2.24) is 10.2 Å². The molecule has 0 bridgehead atoms. The molecule has 1 aromatic rings. The molecular formula is C14H18ClN3O2. The smallest absolute Gasteiger partial charge is 0.248 e. The first-order valence-electron chi connectivity index (χ1n) is 6.58. The van der Waals surface area contributed by atoms with Gasteiger partial charge >= 0.3 is 0 Å². The normalized spacial score (nSPS) is 15.1. The van der Waals surface area contributed by atoms with Crippen LogP contribution in [0.15, 0.2) is 18.2 Å². The molecule has 2 amide bonds. The van der Waals surface area contributed by atoms with E-state index in [0.717, 1.165) is 17.8 Å². The zero-order chi connectivity index (χ0) is 14.7. The lowest BCUT2D eigenvalue weighted by Crippen LogP contribution is -2.37. The zero-order valence-corrected chi connectivity index (χ0v) is 12.4. The van der Waals surface area contributed by atoms with Gasteiger partial charge in [-0.1, -0.05) is 24.6 Å². The molecule has 0 radical (unpaired) electrons. The van der Waals surface area contributed by atoms with Crippen LogP contribution in [0.25, 0.3) is 0 Å². The van der Waals surface area contributed by atoms with E-state index in [1.165, 1.54) is 0 Å². The average Bonchev–Trinajstić information content (AvgIpc) is 2.81. The minimum absolute atomic E-state index is 0.0672. The summed E-state index contributed by atoms with van der Waals surface area (Å²) in [4.78, 5) is 27.2. The van der Waals surface area contributed by atoms with Crippen molar-refractivity contribution in [2.75, 3.05) is 31.2 Å². The molecule has 2 rings (SSSR count). The standard InChI is InChI=1S/C14H18ClN3O2/c1-3-16-7-13(19)17-8-14(20)18(9-17)12-6-4-5-11(15)10(12)2/h4-6,16H,3,7-9H2,1-2H3. The van der Waals surface area contributed by atoms with Crippen molar-refractivity contribution in [3.63, 3.8) is 0 Å². The summed E-state index contributed by atoms with van der Waals surface area (Å²) in [7, 11) is 0. The van der Waals surface area contributed by atoms with E-state index < -0.39 is 0 Å². The van der Waals surface area contributed by atoms with Crippen LogP contribution in [0, 0.1) is 6.92 Å². The maximum Gasteiger partial charge on any atom is 0.248 e. The third-order valence-corrected chi connectivity index (χ3v) is 3.76. The minimum atomic E-state index is -0.0831. The molecule has 0 unspecified atom stereocenters. The van der Waals surface area contributed by atoms with Crippen LogP contribution in [-0.2, 0) is 9.59 Å². The number of amides is 2. The molecule has 0 spiro atoms. The van der Waals surface area contributed by atoms with E-state index in [0.29, 0.717) is 5.02 Å². The summed E-state index contributed by atoms with van der Waals surface area (Å²) in [5, 5.41) is 3.59. The van der Waals surface area contributed by atoms with Gasteiger partial charge in [0.25, 0.3) is 0 Å². The number of likely N-dealkylation sites (N-methyl/N-ethyl adjacent to an activating group) is 1. The molecule has 5 nitrogen and oxygen atoms in total. The van der Waals surface area contributed by atoms with E-state index in [1.54, 1.807) is 21.9 Å². The van der Waals surface area contributed by atoms with Crippen LogP contribution in [0.2, 0.25) is 5.02 Å². The molecule has 1 saturated heterocycles. The summed E-state index contributed by atoms with van der Waals surface area (Å²) in [6.07, 6.45) is 0. The molecule has 0 aliphatic carbocycles. The molecule has 1 aliphatic heterocycles. The highest BCUT2D eigenvalue weighted by Crippen LogP contribution is 2.28. The van der Waals surface area contributed by atoms with Gasteiger partial charge in [-0.15, -0.1) is 0 Å². The van der Waals surface area contributed by atoms with E-state index in [9.17, 15) is 9.59 Å². The third kappa shape index (κ3) is 2.94. The lowest BCUT2D eigenvalue weighted by Gasteiger charge is -2.20. The van der Waals surface area contributed by atoms with E-state index in [2.05, 4.69) is 5.32 Å². The van der Waals surface area contributed by atoms with Crippen molar-refractivity contribution in [1.29, 1.82) is 0 Å². The SMILES string of the molecule is CCNCC(=O)N1CC(=O)N(c2cccc(Cl)c2C)C1. The van der Waals surface area contributed by atoms with E-state index in [1.807, 2.05) is 19.9 Å². The molecule has 1 N–H and O–H groups in total. The lowest BCUT2D eigenvalue weighted by molar-refractivity contribution is -0.130. The van der Waals surface area contributed by atoms with Gasteiger partial charge in [0.1, 0.15) is 13.2 Å². The van der Waals surface area contributed by atoms with Gasteiger partial charge in [-0.05, 0) is 31.2 Å². The summed E-state index contributed by atoms with van der Waals surface area (Å²) in [5.41, 5.74) is 1.62. The van der Waals surface area contributed by atoms with E-state index in [-0.39, 0.29) is 31.6 Å². The molecule has 1 aromatic carbocycles. The number of anilines is 1. The molecule has 108 valence electrons. The molecule has 0 saturated carbocycles. The fourth-order valence-corrected chi connectivity index (χ4v) is 2.33. The van der Waals surface area contributed by atoms with Crippen molar-refractivity contribution < 1.29 is 9.59 Å². The Morgan fingerprint density at radius 2 is 2.20 bits per heavy atom. The number of nitrogens with zero attached hydrogens (tertiary/aromatic N) is 2. The van der Waals surface area contributed by atoms with Gasteiger partial charge in [0.05, 0.1) is 6.54 Å². The Kier molecular flexibility index (Phi) is 4.62. The number of hydrogen-bond acceptors (Lipinski definition) is 3. The van der Waals surface area contributed by atoms with Crippen LogP contribution in [0.3, 0.4) is 0 Å². The summed E-state index contributed by atoms with van der Waals surface area (Å²) in [5.74, 6) is -0.150.